The van der Waals surface area contributed by atoms with Gasteiger partial charge in [-0.15, -0.1) is 0 Å². The number of hydrogen-bond acceptors (Lipinski definition) is 6. The second-order valence-corrected chi connectivity index (χ2v) is 7.81. The average molecular weight is 348 g/mol. The van der Waals surface area contributed by atoms with Gasteiger partial charge in [0.25, 0.3) is 0 Å². The van der Waals surface area contributed by atoms with Crippen LogP contribution >= 0.6 is 0 Å². The molecule has 0 unspecified atom stereocenters. The highest BCUT2D eigenvalue weighted by atomic mass is 16.6. The smallest absolute Gasteiger partial charge is 0.410 e. The van der Waals surface area contributed by atoms with Crippen molar-refractivity contribution in [2.24, 2.45) is 0 Å². The zero-order valence-corrected chi connectivity index (χ0v) is 15.8. The molecule has 0 spiro atoms. The number of carbonyl (C=O) groups is 1. The van der Waals surface area contributed by atoms with Crippen molar-refractivity contribution in [3.8, 4) is 0 Å². The third kappa shape index (κ3) is 3.71. The topological polar surface area (TPSA) is 67.8 Å². The van der Waals surface area contributed by atoms with Gasteiger partial charge in [0, 0.05) is 38.9 Å². The number of hydrogen-bond donors (Lipinski definition) is 0. The summed E-state index contributed by atoms with van der Waals surface area (Å²) in [5.41, 5.74) is 1.74. The molecule has 2 heterocycles. The van der Waals surface area contributed by atoms with Crippen LogP contribution in [0.1, 0.15) is 57.4 Å². The number of carbonyl (C=O) groups excluding carboxylic acids is 1. The van der Waals surface area contributed by atoms with Crippen LogP contribution < -0.4 is 4.90 Å². The number of nitrogens with zero attached hydrogens (tertiary/aromatic N) is 4. The van der Waals surface area contributed by atoms with Crippen molar-refractivity contribution >= 4 is 11.9 Å². The maximum absolute atomic E-state index is 12.2. The Kier molecular flexibility index (Phi) is 4.86. The summed E-state index contributed by atoms with van der Waals surface area (Å²) in [6, 6.07) is 0. The van der Waals surface area contributed by atoms with E-state index in [0.717, 1.165) is 31.0 Å². The first kappa shape index (κ1) is 17.9. The molecule has 0 radical (unpaired) electrons. The molecule has 1 aromatic heterocycles. The summed E-state index contributed by atoms with van der Waals surface area (Å²) in [5.74, 6) is 1.36. The molecule has 3 rings (SSSR count). The molecule has 1 aliphatic carbocycles. The highest BCUT2D eigenvalue weighted by molar-refractivity contribution is 5.68. The molecule has 1 aliphatic heterocycles. The summed E-state index contributed by atoms with van der Waals surface area (Å²) in [7, 11) is 1.73. The van der Waals surface area contributed by atoms with Crippen LogP contribution in [0, 0.1) is 0 Å². The number of amides is 1. The van der Waals surface area contributed by atoms with Crippen molar-refractivity contribution in [1.29, 1.82) is 0 Å². The predicted octanol–water partition coefficient (Wildman–Crippen LogP) is 2.73. The Hall–Kier alpha value is -1.89. The van der Waals surface area contributed by atoms with Crippen molar-refractivity contribution in [3.63, 3.8) is 0 Å². The van der Waals surface area contributed by atoms with Gasteiger partial charge in [0.1, 0.15) is 23.9 Å². The van der Waals surface area contributed by atoms with Crippen LogP contribution in [-0.4, -0.2) is 59.9 Å². The third-order valence-corrected chi connectivity index (χ3v) is 4.77. The fourth-order valence-electron chi connectivity index (χ4n) is 3.57. The molecule has 1 amide bonds. The van der Waals surface area contributed by atoms with Crippen LogP contribution in [0.5, 0.6) is 0 Å². The average Bonchev–Trinajstić information content (AvgIpc) is 2.90. The largest absolute Gasteiger partial charge is 0.444 e. The lowest BCUT2D eigenvalue weighted by Crippen LogP contribution is -2.50. The van der Waals surface area contributed by atoms with E-state index in [4.69, 9.17) is 9.47 Å². The summed E-state index contributed by atoms with van der Waals surface area (Å²) in [6.07, 6.45) is 2.37. The summed E-state index contributed by atoms with van der Waals surface area (Å²) in [5, 5.41) is 0. The standard InChI is InChI=1S/C18H28N4O3/c1-12-10-13(24-5)15-14(12)16(20-11-19-15)21-6-8-22(9-7-21)17(23)25-18(2,3)4/h11-13H,6-10H2,1-5H3/t12-,13-/m1/s1. The number of piperazine rings is 1. The van der Waals surface area contributed by atoms with E-state index in [-0.39, 0.29) is 12.2 Å². The quantitative estimate of drug-likeness (QED) is 0.819. The van der Waals surface area contributed by atoms with Crippen LogP contribution in [0.25, 0.3) is 0 Å². The molecule has 1 aromatic rings. The Morgan fingerprint density at radius 2 is 1.88 bits per heavy atom. The van der Waals surface area contributed by atoms with E-state index in [1.54, 1.807) is 18.3 Å². The van der Waals surface area contributed by atoms with Gasteiger partial charge in [-0.25, -0.2) is 14.8 Å². The van der Waals surface area contributed by atoms with Gasteiger partial charge < -0.3 is 19.3 Å². The van der Waals surface area contributed by atoms with E-state index in [0.29, 0.717) is 19.0 Å². The molecule has 0 bridgehead atoms. The van der Waals surface area contributed by atoms with Crippen molar-refractivity contribution in [2.75, 3.05) is 38.2 Å². The first-order valence-electron chi connectivity index (χ1n) is 8.90. The van der Waals surface area contributed by atoms with Gasteiger partial charge in [-0.05, 0) is 33.1 Å². The second kappa shape index (κ2) is 6.78. The SMILES string of the molecule is CO[C@@H]1C[C@@H](C)c2c1ncnc2N1CCN(C(=O)OC(C)(C)C)CC1. The Balaban J connectivity index is 1.70. The molecular weight excluding hydrogens is 320 g/mol. The number of rotatable bonds is 2. The Labute approximate surface area is 149 Å². The molecule has 1 saturated heterocycles. The van der Waals surface area contributed by atoms with Gasteiger partial charge in [0.05, 0.1) is 5.69 Å². The Morgan fingerprint density at radius 1 is 1.20 bits per heavy atom. The number of fused-ring (bicyclic) bond motifs is 1. The Morgan fingerprint density at radius 3 is 2.48 bits per heavy atom. The van der Waals surface area contributed by atoms with Gasteiger partial charge >= 0.3 is 6.09 Å². The van der Waals surface area contributed by atoms with E-state index in [1.807, 2.05) is 20.8 Å². The molecule has 2 atom stereocenters. The number of aromatic nitrogens is 2. The molecule has 1 fully saturated rings. The normalized spacial score (nSPS) is 23.6. The summed E-state index contributed by atoms with van der Waals surface area (Å²) in [4.78, 5) is 25.2. The molecule has 0 N–H and O–H groups in total. The zero-order chi connectivity index (χ0) is 18.2. The van der Waals surface area contributed by atoms with Crippen molar-refractivity contribution < 1.29 is 14.3 Å². The Bertz CT molecular complexity index is 636. The van der Waals surface area contributed by atoms with Crippen molar-refractivity contribution in [2.45, 2.75) is 51.7 Å². The van der Waals surface area contributed by atoms with Crippen LogP contribution in [0.2, 0.25) is 0 Å². The minimum absolute atomic E-state index is 0.0507. The summed E-state index contributed by atoms with van der Waals surface area (Å²) < 4.78 is 11.0. The van der Waals surface area contributed by atoms with Crippen molar-refractivity contribution in [1.82, 2.24) is 14.9 Å². The van der Waals surface area contributed by atoms with E-state index < -0.39 is 5.60 Å². The van der Waals surface area contributed by atoms with Crippen LogP contribution in [-0.2, 0) is 9.47 Å². The second-order valence-electron chi connectivity index (χ2n) is 7.81. The van der Waals surface area contributed by atoms with E-state index in [1.165, 1.54) is 5.56 Å². The highest BCUT2D eigenvalue weighted by Crippen LogP contribution is 2.44. The number of methoxy groups -OCH3 is 1. The number of anilines is 1. The molecule has 25 heavy (non-hydrogen) atoms. The fraction of sp³-hybridized carbons (Fsp3) is 0.722. The number of ether oxygens (including phenoxy) is 2. The highest BCUT2D eigenvalue weighted by Gasteiger charge is 2.35. The maximum Gasteiger partial charge on any atom is 0.410 e. The van der Waals surface area contributed by atoms with Crippen LogP contribution in [0.15, 0.2) is 6.33 Å². The molecular formula is C18H28N4O3. The molecule has 2 aliphatic rings. The lowest BCUT2D eigenvalue weighted by Gasteiger charge is -2.37. The van der Waals surface area contributed by atoms with Gasteiger partial charge in [0.2, 0.25) is 0 Å². The van der Waals surface area contributed by atoms with Crippen LogP contribution in [0.3, 0.4) is 0 Å². The van der Waals surface area contributed by atoms with E-state index >= 15 is 0 Å². The first-order valence-corrected chi connectivity index (χ1v) is 8.90. The molecule has 138 valence electrons. The van der Waals surface area contributed by atoms with E-state index in [2.05, 4.69) is 21.8 Å². The van der Waals surface area contributed by atoms with Gasteiger partial charge in [0.15, 0.2) is 0 Å². The maximum atomic E-state index is 12.2. The van der Waals surface area contributed by atoms with Crippen molar-refractivity contribution in [3.05, 3.63) is 17.6 Å². The predicted molar refractivity (Wildman–Crippen MR) is 94.8 cm³/mol. The summed E-state index contributed by atoms with van der Waals surface area (Å²) >= 11 is 0. The minimum Gasteiger partial charge on any atom is -0.444 e. The molecule has 7 heteroatoms. The van der Waals surface area contributed by atoms with Gasteiger partial charge in [-0.2, -0.15) is 0 Å². The summed E-state index contributed by atoms with van der Waals surface area (Å²) in [6.45, 7) is 10.6. The van der Waals surface area contributed by atoms with Gasteiger partial charge in [-0.1, -0.05) is 6.92 Å². The van der Waals surface area contributed by atoms with E-state index in [9.17, 15) is 4.79 Å². The zero-order valence-electron chi connectivity index (χ0n) is 15.8. The molecule has 7 nitrogen and oxygen atoms in total. The first-order chi connectivity index (χ1) is 11.8. The molecule has 0 saturated carbocycles. The van der Waals surface area contributed by atoms with Crippen LogP contribution in [0.4, 0.5) is 10.6 Å². The lowest BCUT2D eigenvalue weighted by atomic mass is 10.1. The minimum atomic E-state index is -0.466. The monoisotopic (exact) mass is 348 g/mol. The molecule has 0 aromatic carbocycles. The lowest BCUT2D eigenvalue weighted by molar-refractivity contribution is 0.0240. The fourth-order valence-corrected chi connectivity index (χ4v) is 3.57. The van der Waals surface area contributed by atoms with Gasteiger partial charge in [-0.3, -0.25) is 0 Å². The third-order valence-electron chi connectivity index (χ3n) is 4.77.